The number of piperidine rings is 1. The maximum Gasteiger partial charge on any atom is 0.243 e. The van der Waals surface area contributed by atoms with Gasteiger partial charge in [0.05, 0.1) is 21.8 Å². The van der Waals surface area contributed by atoms with Crippen LogP contribution in [0.4, 0.5) is 5.69 Å². The van der Waals surface area contributed by atoms with Crippen LogP contribution in [0.25, 0.3) is 5.69 Å². The molecule has 168 valence electrons. The minimum atomic E-state index is -3.49. The van der Waals surface area contributed by atoms with Crippen LogP contribution in [-0.2, 0) is 22.0 Å². The Labute approximate surface area is 191 Å². The number of hydrogen-bond acceptors (Lipinski definition) is 3. The molecule has 3 heterocycles. The summed E-state index contributed by atoms with van der Waals surface area (Å²) in [5.41, 5.74) is 5.90. The van der Waals surface area contributed by atoms with Crippen molar-refractivity contribution in [3.05, 3.63) is 77.6 Å². The van der Waals surface area contributed by atoms with Crippen molar-refractivity contribution in [3.8, 4) is 5.69 Å². The predicted octanol–water partition coefficient (Wildman–Crippen LogP) is 4.87. The molecule has 2 aliphatic rings. The van der Waals surface area contributed by atoms with Gasteiger partial charge in [-0.2, -0.15) is 4.31 Å². The van der Waals surface area contributed by atoms with E-state index in [0.717, 1.165) is 31.4 Å². The first-order valence-electron chi connectivity index (χ1n) is 11.6. The molecule has 1 spiro atoms. The number of anilines is 1. The van der Waals surface area contributed by atoms with Crippen molar-refractivity contribution in [2.45, 2.75) is 50.5 Å². The van der Waals surface area contributed by atoms with E-state index in [1.807, 2.05) is 12.1 Å². The van der Waals surface area contributed by atoms with Gasteiger partial charge in [0.25, 0.3) is 0 Å². The average molecular weight is 450 g/mol. The number of sulfonamides is 1. The molecule has 2 aliphatic heterocycles. The number of rotatable bonds is 4. The third kappa shape index (κ3) is 3.11. The van der Waals surface area contributed by atoms with Crippen LogP contribution >= 0.6 is 0 Å². The topological polar surface area (TPSA) is 45.6 Å². The van der Waals surface area contributed by atoms with Crippen LogP contribution in [0.5, 0.6) is 0 Å². The van der Waals surface area contributed by atoms with Crippen LogP contribution in [0.15, 0.2) is 65.7 Å². The molecule has 2 aromatic carbocycles. The highest BCUT2D eigenvalue weighted by atomic mass is 32.2. The number of nitrogens with zero attached hydrogens (tertiary/aromatic N) is 3. The van der Waals surface area contributed by atoms with Crippen molar-refractivity contribution in [2.75, 3.05) is 24.5 Å². The Hall–Kier alpha value is -2.57. The largest absolute Gasteiger partial charge is 0.359 e. The van der Waals surface area contributed by atoms with E-state index >= 15 is 0 Å². The first-order chi connectivity index (χ1) is 15.4. The second-order valence-corrected chi connectivity index (χ2v) is 10.9. The van der Waals surface area contributed by atoms with E-state index in [0.29, 0.717) is 18.0 Å². The van der Waals surface area contributed by atoms with Gasteiger partial charge in [-0.15, -0.1) is 0 Å². The molecule has 0 amide bonds. The Balaban J connectivity index is 1.49. The summed E-state index contributed by atoms with van der Waals surface area (Å²) in [5.74, 6) is 0. The van der Waals surface area contributed by atoms with Crippen LogP contribution in [0.2, 0.25) is 0 Å². The van der Waals surface area contributed by atoms with Gasteiger partial charge in [-0.25, -0.2) is 8.42 Å². The summed E-state index contributed by atoms with van der Waals surface area (Å²) in [4.78, 5) is 2.90. The molecule has 0 bridgehead atoms. The first-order valence-corrected chi connectivity index (χ1v) is 13.0. The van der Waals surface area contributed by atoms with Crippen LogP contribution in [0, 0.1) is 6.92 Å². The molecule has 1 aromatic heterocycles. The lowest BCUT2D eigenvalue weighted by molar-refractivity contribution is 0.215. The Morgan fingerprint density at radius 2 is 1.66 bits per heavy atom. The van der Waals surface area contributed by atoms with Gasteiger partial charge >= 0.3 is 0 Å². The van der Waals surface area contributed by atoms with Gasteiger partial charge in [-0.3, -0.25) is 0 Å². The number of benzene rings is 2. The average Bonchev–Trinajstić information content (AvgIpc) is 3.31. The van der Waals surface area contributed by atoms with Gasteiger partial charge in [0.15, 0.2) is 0 Å². The van der Waals surface area contributed by atoms with Gasteiger partial charge in [0, 0.05) is 31.5 Å². The molecule has 1 saturated heterocycles. The first kappa shape index (κ1) is 21.3. The molecular formula is C26H31N3O2S. The normalized spacial score (nSPS) is 17.9. The Kier molecular flexibility index (Phi) is 5.18. The minimum Gasteiger partial charge on any atom is -0.359 e. The van der Waals surface area contributed by atoms with E-state index in [2.05, 4.69) is 66.8 Å². The molecule has 0 unspecified atom stereocenters. The predicted molar refractivity (Wildman–Crippen MR) is 129 cm³/mol. The van der Waals surface area contributed by atoms with Crippen molar-refractivity contribution in [2.24, 2.45) is 0 Å². The minimum absolute atomic E-state index is 0.197. The maximum absolute atomic E-state index is 13.4. The lowest BCUT2D eigenvalue weighted by Crippen LogP contribution is -2.56. The van der Waals surface area contributed by atoms with Gasteiger partial charge in [-0.1, -0.05) is 25.1 Å². The molecular weight excluding hydrogens is 418 g/mol. The fourth-order valence-corrected chi connectivity index (χ4v) is 6.98. The zero-order valence-electron chi connectivity index (χ0n) is 19.1. The summed E-state index contributed by atoms with van der Waals surface area (Å²) < 4.78 is 30.7. The Morgan fingerprint density at radius 3 is 2.31 bits per heavy atom. The maximum atomic E-state index is 13.4. The van der Waals surface area contributed by atoms with Crippen molar-refractivity contribution >= 4 is 15.7 Å². The lowest BCUT2D eigenvalue weighted by Gasteiger charge is -2.52. The monoisotopic (exact) mass is 449 g/mol. The Bertz CT molecular complexity index is 1240. The number of fused-ring (bicyclic) bond motifs is 4. The summed E-state index contributed by atoms with van der Waals surface area (Å²) in [6, 6.07) is 18.3. The molecule has 0 atom stereocenters. The van der Waals surface area contributed by atoms with Gasteiger partial charge in [-0.05, 0) is 80.6 Å². The third-order valence-corrected chi connectivity index (χ3v) is 9.17. The number of aromatic nitrogens is 1. The molecule has 5 rings (SSSR count). The summed E-state index contributed by atoms with van der Waals surface area (Å²) in [6.07, 6.45) is 4.58. The van der Waals surface area contributed by atoms with Crippen molar-refractivity contribution < 1.29 is 8.42 Å². The molecule has 0 aliphatic carbocycles. The van der Waals surface area contributed by atoms with Gasteiger partial charge in [0.2, 0.25) is 10.0 Å². The van der Waals surface area contributed by atoms with E-state index in [1.165, 1.54) is 22.6 Å². The standard InChI is InChI=1S/C26H31N3O2S/c1-4-21-9-11-22(12-10-21)32(30,31)27-17-14-26(15-18-27)25-7-6-16-28(25)23-13-8-20(3)19-24(23)29(26)5-2/h6-13,16,19H,4-5,14-15,17-18H2,1-3H3. The van der Waals surface area contributed by atoms with Crippen molar-refractivity contribution in [1.29, 1.82) is 0 Å². The molecule has 1 fully saturated rings. The summed E-state index contributed by atoms with van der Waals surface area (Å²) >= 11 is 0. The third-order valence-electron chi connectivity index (χ3n) is 7.26. The molecule has 32 heavy (non-hydrogen) atoms. The summed E-state index contributed by atoms with van der Waals surface area (Å²) in [7, 11) is -3.49. The highest BCUT2D eigenvalue weighted by Crippen LogP contribution is 2.48. The zero-order chi connectivity index (χ0) is 22.5. The SMILES string of the molecule is CCc1ccc(S(=O)(=O)N2CCC3(CC2)c2cccn2-c2ccc(C)cc2N3CC)cc1. The molecule has 0 N–H and O–H groups in total. The molecule has 0 saturated carbocycles. The van der Waals surface area contributed by atoms with E-state index in [-0.39, 0.29) is 5.54 Å². The van der Waals surface area contributed by atoms with Crippen molar-refractivity contribution in [1.82, 2.24) is 8.87 Å². The second kappa shape index (κ2) is 7.78. The van der Waals surface area contributed by atoms with Crippen LogP contribution in [0.3, 0.4) is 0 Å². The smallest absolute Gasteiger partial charge is 0.243 e. The van der Waals surface area contributed by atoms with E-state index in [4.69, 9.17) is 0 Å². The van der Waals surface area contributed by atoms with Crippen molar-refractivity contribution in [3.63, 3.8) is 0 Å². The number of aryl methyl sites for hydroxylation is 2. The highest BCUT2D eigenvalue weighted by molar-refractivity contribution is 7.89. The Morgan fingerprint density at radius 1 is 0.938 bits per heavy atom. The molecule has 5 nitrogen and oxygen atoms in total. The highest BCUT2D eigenvalue weighted by Gasteiger charge is 2.47. The fraction of sp³-hybridized carbons (Fsp3) is 0.385. The number of hydrogen-bond donors (Lipinski definition) is 0. The summed E-state index contributed by atoms with van der Waals surface area (Å²) in [5, 5.41) is 0. The van der Waals surface area contributed by atoms with Gasteiger partial charge < -0.3 is 9.47 Å². The van der Waals surface area contributed by atoms with E-state index in [1.54, 1.807) is 16.4 Å². The van der Waals surface area contributed by atoms with E-state index < -0.39 is 10.0 Å². The molecule has 0 radical (unpaired) electrons. The quantitative estimate of drug-likeness (QED) is 0.571. The summed E-state index contributed by atoms with van der Waals surface area (Å²) in [6.45, 7) is 8.32. The van der Waals surface area contributed by atoms with Crippen LogP contribution < -0.4 is 4.90 Å². The molecule has 3 aromatic rings. The van der Waals surface area contributed by atoms with E-state index in [9.17, 15) is 8.42 Å². The zero-order valence-corrected chi connectivity index (χ0v) is 19.9. The molecule has 6 heteroatoms. The second-order valence-electron chi connectivity index (χ2n) is 8.93. The van der Waals surface area contributed by atoms with Gasteiger partial charge in [0.1, 0.15) is 0 Å². The van der Waals surface area contributed by atoms with Crippen LogP contribution in [0.1, 0.15) is 43.5 Å². The van der Waals surface area contributed by atoms with Crippen LogP contribution in [-0.4, -0.2) is 36.9 Å². The fourth-order valence-electron chi connectivity index (χ4n) is 5.53. The lowest BCUT2D eigenvalue weighted by atomic mass is 9.81.